The Labute approximate surface area is 119 Å². The SMILES string of the molecule is Cc1cccc(CCC(Cl)Cc2ccc(F)cc2)c1. The van der Waals surface area contributed by atoms with Gasteiger partial charge in [0.25, 0.3) is 0 Å². The fraction of sp³-hybridized carbons (Fsp3) is 0.294. The number of hydrogen-bond donors (Lipinski definition) is 0. The molecular weight excluding hydrogens is 259 g/mol. The van der Waals surface area contributed by atoms with Crippen molar-refractivity contribution < 1.29 is 4.39 Å². The van der Waals surface area contributed by atoms with Crippen molar-refractivity contribution in [3.8, 4) is 0 Å². The molecule has 100 valence electrons. The molecule has 0 aliphatic carbocycles. The summed E-state index contributed by atoms with van der Waals surface area (Å²) in [5.41, 5.74) is 3.69. The van der Waals surface area contributed by atoms with E-state index in [0.29, 0.717) is 0 Å². The average molecular weight is 277 g/mol. The van der Waals surface area contributed by atoms with E-state index < -0.39 is 0 Å². The van der Waals surface area contributed by atoms with Gasteiger partial charge in [-0.1, -0.05) is 42.0 Å². The van der Waals surface area contributed by atoms with Crippen LogP contribution in [-0.2, 0) is 12.8 Å². The lowest BCUT2D eigenvalue weighted by Gasteiger charge is -2.10. The summed E-state index contributed by atoms with van der Waals surface area (Å²) in [6, 6.07) is 15.1. The predicted molar refractivity (Wildman–Crippen MR) is 79.2 cm³/mol. The molecular formula is C17H18ClF. The number of aryl methyl sites for hydroxylation is 2. The van der Waals surface area contributed by atoms with E-state index in [9.17, 15) is 4.39 Å². The van der Waals surface area contributed by atoms with Crippen molar-refractivity contribution >= 4 is 11.6 Å². The summed E-state index contributed by atoms with van der Waals surface area (Å²) in [4.78, 5) is 0. The molecule has 0 spiro atoms. The minimum absolute atomic E-state index is 0.0889. The fourth-order valence-corrected chi connectivity index (χ4v) is 2.46. The van der Waals surface area contributed by atoms with Crippen LogP contribution >= 0.6 is 11.6 Å². The average Bonchev–Trinajstić information content (AvgIpc) is 2.39. The molecule has 0 aliphatic rings. The molecule has 0 nitrogen and oxygen atoms in total. The molecule has 0 N–H and O–H groups in total. The molecule has 0 radical (unpaired) electrons. The van der Waals surface area contributed by atoms with E-state index in [4.69, 9.17) is 11.6 Å². The zero-order valence-corrected chi connectivity index (χ0v) is 11.8. The molecule has 19 heavy (non-hydrogen) atoms. The van der Waals surface area contributed by atoms with Gasteiger partial charge in [-0.05, 0) is 49.4 Å². The number of rotatable bonds is 5. The molecule has 2 heteroatoms. The first-order valence-electron chi connectivity index (χ1n) is 6.57. The van der Waals surface area contributed by atoms with Crippen LogP contribution in [0.2, 0.25) is 0 Å². The van der Waals surface area contributed by atoms with Crippen LogP contribution in [0.5, 0.6) is 0 Å². The molecule has 2 aromatic carbocycles. The minimum atomic E-state index is -0.199. The zero-order chi connectivity index (χ0) is 13.7. The molecule has 0 aliphatic heterocycles. The number of halogens is 2. The summed E-state index contributed by atoms with van der Waals surface area (Å²) >= 11 is 6.35. The highest BCUT2D eigenvalue weighted by Gasteiger charge is 2.07. The molecule has 0 saturated heterocycles. The molecule has 0 saturated carbocycles. The van der Waals surface area contributed by atoms with Gasteiger partial charge in [-0.2, -0.15) is 0 Å². The van der Waals surface area contributed by atoms with Gasteiger partial charge in [-0.3, -0.25) is 0 Å². The van der Waals surface area contributed by atoms with Gasteiger partial charge in [0, 0.05) is 5.38 Å². The van der Waals surface area contributed by atoms with Crippen molar-refractivity contribution in [3.63, 3.8) is 0 Å². The van der Waals surface area contributed by atoms with E-state index in [0.717, 1.165) is 24.8 Å². The topological polar surface area (TPSA) is 0 Å². The lowest BCUT2D eigenvalue weighted by atomic mass is 10.0. The van der Waals surface area contributed by atoms with E-state index >= 15 is 0 Å². The van der Waals surface area contributed by atoms with Crippen LogP contribution in [0, 0.1) is 12.7 Å². The molecule has 0 fully saturated rings. The zero-order valence-electron chi connectivity index (χ0n) is 11.1. The van der Waals surface area contributed by atoms with Gasteiger partial charge < -0.3 is 0 Å². The third kappa shape index (κ3) is 4.68. The predicted octanol–water partition coefficient (Wildman–Crippen LogP) is 4.92. The van der Waals surface area contributed by atoms with Crippen molar-refractivity contribution in [2.24, 2.45) is 0 Å². The van der Waals surface area contributed by atoms with E-state index in [-0.39, 0.29) is 11.2 Å². The van der Waals surface area contributed by atoms with Crippen LogP contribution in [0.4, 0.5) is 4.39 Å². The maximum absolute atomic E-state index is 12.8. The lowest BCUT2D eigenvalue weighted by Crippen LogP contribution is -2.05. The smallest absolute Gasteiger partial charge is 0.123 e. The molecule has 0 aromatic heterocycles. The van der Waals surface area contributed by atoms with Crippen molar-refractivity contribution in [2.45, 2.75) is 31.6 Å². The first kappa shape index (κ1) is 14.1. The second-order valence-corrected chi connectivity index (χ2v) is 5.57. The fourth-order valence-electron chi connectivity index (χ4n) is 2.17. The normalized spacial score (nSPS) is 12.4. The Morgan fingerprint density at radius 3 is 2.47 bits per heavy atom. The standard InChI is InChI=1S/C17H18ClF/c1-13-3-2-4-14(11-13)5-8-16(18)12-15-6-9-17(19)10-7-15/h2-4,6-7,9-11,16H,5,8,12H2,1H3. The van der Waals surface area contributed by atoms with Crippen LogP contribution in [0.15, 0.2) is 48.5 Å². The Morgan fingerprint density at radius 2 is 1.79 bits per heavy atom. The van der Waals surface area contributed by atoms with Crippen molar-refractivity contribution in [1.82, 2.24) is 0 Å². The van der Waals surface area contributed by atoms with Crippen molar-refractivity contribution in [2.75, 3.05) is 0 Å². The second-order valence-electron chi connectivity index (χ2n) is 4.96. The number of alkyl halides is 1. The van der Waals surface area contributed by atoms with E-state index in [1.807, 2.05) is 0 Å². The maximum Gasteiger partial charge on any atom is 0.123 e. The van der Waals surface area contributed by atoms with Gasteiger partial charge in [-0.15, -0.1) is 11.6 Å². The number of hydrogen-bond acceptors (Lipinski definition) is 0. The summed E-state index contributed by atoms with van der Waals surface area (Å²) in [5, 5.41) is 0.0889. The molecule has 2 aromatic rings. The second kappa shape index (κ2) is 6.72. The van der Waals surface area contributed by atoms with Crippen LogP contribution in [0.25, 0.3) is 0 Å². The molecule has 1 unspecified atom stereocenters. The highest BCUT2D eigenvalue weighted by Crippen LogP contribution is 2.15. The summed E-state index contributed by atoms with van der Waals surface area (Å²) in [5.74, 6) is -0.199. The van der Waals surface area contributed by atoms with Gasteiger partial charge in [0.2, 0.25) is 0 Å². The highest BCUT2D eigenvalue weighted by molar-refractivity contribution is 6.20. The highest BCUT2D eigenvalue weighted by atomic mass is 35.5. The lowest BCUT2D eigenvalue weighted by molar-refractivity contribution is 0.626. The summed E-state index contributed by atoms with van der Waals surface area (Å²) < 4.78 is 12.8. The Kier molecular flexibility index (Phi) is 4.98. The first-order valence-corrected chi connectivity index (χ1v) is 7.01. The van der Waals surface area contributed by atoms with Crippen molar-refractivity contribution in [3.05, 3.63) is 71.0 Å². The molecule has 0 amide bonds. The number of benzene rings is 2. The quantitative estimate of drug-likeness (QED) is 0.680. The Morgan fingerprint density at radius 1 is 1.05 bits per heavy atom. The Balaban J connectivity index is 1.84. The third-order valence-corrected chi connectivity index (χ3v) is 3.57. The molecule has 0 heterocycles. The molecule has 0 bridgehead atoms. The van der Waals surface area contributed by atoms with Crippen LogP contribution in [0.3, 0.4) is 0 Å². The first-order chi connectivity index (χ1) is 9.13. The van der Waals surface area contributed by atoms with Crippen molar-refractivity contribution in [1.29, 1.82) is 0 Å². The van der Waals surface area contributed by atoms with Gasteiger partial charge in [0.05, 0.1) is 0 Å². The Bertz CT molecular complexity index is 519. The monoisotopic (exact) mass is 276 g/mol. The van der Waals surface area contributed by atoms with Crippen LogP contribution in [-0.4, -0.2) is 5.38 Å². The van der Waals surface area contributed by atoms with E-state index in [1.54, 1.807) is 12.1 Å². The molecule has 2 rings (SSSR count). The van der Waals surface area contributed by atoms with Gasteiger partial charge >= 0.3 is 0 Å². The van der Waals surface area contributed by atoms with Gasteiger partial charge in [-0.25, -0.2) is 4.39 Å². The Hall–Kier alpha value is -1.34. The molecule has 1 atom stereocenters. The largest absolute Gasteiger partial charge is 0.207 e. The van der Waals surface area contributed by atoms with Gasteiger partial charge in [0.15, 0.2) is 0 Å². The minimum Gasteiger partial charge on any atom is -0.207 e. The van der Waals surface area contributed by atoms with E-state index in [2.05, 4.69) is 31.2 Å². The third-order valence-electron chi connectivity index (χ3n) is 3.20. The van der Waals surface area contributed by atoms with Crippen LogP contribution in [0.1, 0.15) is 23.1 Å². The maximum atomic E-state index is 12.8. The van der Waals surface area contributed by atoms with E-state index in [1.165, 1.54) is 23.3 Å². The van der Waals surface area contributed by atoms with Gasteiger partial charge in [0.1, 0.15) is 5.82 Å². The summed E-state index contributed by atoms with van der Waals surface area (Å²) in [6.45, 7) is 2.10. The summed E-state index contributed by atoms with van der Waals surface area (Å²) in [7, 11) is 0. The summed E-state index contributed by atoms with van der Waals surface area (Å²) in [6.07, 6.45) is 2.70. The van der Waals surface area contributed by atoms with Crippen LogP contribution < -0.4 is 0 Å².